The van der Waals surface area contributed by atoms with E-state index in [9.17, 15) is 9.59 Å². The molecule has 2 aliphatic rings. The van der Waals surface area contributed by atoms with E-state index in [0.29, 0.717) is 12.1 Å². The highest BCUT2D eigenvalue weighted by Gasteiger charge is 2.33. The van der Waals surface area contributed by atoms with Gasteiger partial charge >= 0.3 is 0 Å². The second kappa shape index (κ2) is 6.60. The molecule has 6 nitrogen and oxygen atoms in total. The van der Waals surface area contributed by atoms with Crippen LogP contribution in [-0.4, -0.2) is 23.0 Å². The van der Waals surface area contributed by atoms with E-state index in [1.807, 2.05) is 37.3 Å². The number of halogens is 1. The number of allylic oxidation sites excluding steroid dienone is 1. The van der Waals surface area contributed by atoms with Crippen molar-refractivity contribution in [2.24, 2.45) is 10.7 Å². The van der Waals surface area contributed by atoms with Gasteiger partial charge in [0.15, 0.2) is 5.96 Å². The summed E-state index contributed by atoms with van der Waals surface area (Å²) in [5.74, 6) is -0.100. The molecule has 0 saturated heterocycles. The minimum absolute atomic E-state index is 0.0441. The molecule has 2 atom stereocenters. The molecule has 2 aliphatic heterocycles. The maximum atomic E-state index is 12.3. The zero-order chi connectivity index (χ0) is 17.3. The first-order chi connectivity index (χ1) is 11.4. The molecule has 126 valence electrons. The Morgan fingerprint density at radius 2 is 2.33 bits per heavy atom. The summed E-state index contributed by atoms with van der Waals surface area (Å²) in [6.07, 6.45) is 2.90. The van der Waals surface area contributed by atoms with Crippen LogP contribution in [0.15, 0.2) is 39.1 Å². The van der Waals surface area contributed by atoms with Crippen LogP contribution >= 0.6 is 27.7 Å². The summed E-state index contributed by atoms with van der Waals surface area (Å²) in [4.78, 5) is 28.5. The zero-order valence-electron chi connectivity index (χ0n) is 13.0. The summed E-state index contributed by atoms with van der Waals surface area (Å²) in [7, 11) is 0. The Kier molecular flexibility index (Phi) is 4.69. The molecule has 1 aromatic rings. The van der Waals surface area contributed by atoms with Crippen LogP contribution < -0.4 is 16.4 Å². The van der Waals surface area contributed by atoms with E-state index in [0.717, 1.165) is 9.38 Å². The van der Waals surface area contributed by atoms with Crippen molar-refractivity contribution in [1.29, 1.82) is 0 Å². The van der Waals surface area contributed by atoms with Gasteiger partial charge in [0, 0.05) is 9.50 Å². The second-order valence-corrected chi connectivity index (χ2v) is 8.54. The number of anilines is 1. The fraction of sp³-hybridized carbons (Fsp3) is 0.312. The average molecular weight is 409 g/mol. The predicted octanol–water partition coefficient (Wildman–Crippen LogP) is 2.42. The maximum Gasteiger partial charge on any atom is 0.238 e. The molecule has 0 spiro atoms. The topological polar surface area (TPSA) is 96.6 Å². The number of carbonyl (C=O) groups is 2. The highest BCUT2D eigenvalue weighted by molar-refractivity contribution is 9.14. The van der Waals surface area contributed by atoms with E-state index in [4.69, 9.17) is 5.73 Å². The lowest BCUT2D eigenvalue weighted by atomic mass is 9.87. The number of rotatable bonds is 3. The fourth-order valence-corrected chi connectivity index (χ4v) is 4.43. The third-order valence-corrected chi connectivity index (χ3v) is 5.90. The monoisotopic (exact) mass is 408 g/mol. The molecule has 0 bridgehead atoms. The molecule has 2 amide bonds. The van der Waals surface area contributed by atoms with Gasteiger partial charge in [-0.15, -0.1) is 11.8 Å². The van der Waals surface area contributed by atoms with Gasteiger partial charge in [0.25, 0.3) is 0 Å². The summed E-state index contributed by atoms with van der Waals surface area (Å²) in [5, 5.41) is 5.30. The van der Waals surface area contributed by atoms with E-state index in [1.165, 1.54) is 11.8 Å². The van der Waals surface area contributed by atoms with E-state index < -0.39 is 5.54 Å². The van der Waals surface area contributed by atoms with Crippen LogP contribution in [0.4, 0.5) is 5.69 Å². The van der Waals surface area contributed by atoms with Crippen molar-refractivity contribution in [3.63, 3.8) is 0 Å². The lowest BCUT2D eigenvalue weighted by Gasteiger charge is -2.30. The summed E-state index contributed by atoms with van der Waals surface area (Å²) in [6, 6.07) is 7.38. The van der Waals surface area contributed by atoms with E-state index in [2.05, 4.69) is 31.6 Å². The third-order valence-electron chi connectivity index (χ3n) is 3.93. The molecule has 2 heterocycles. The minimum atomic E-state index is -0.736. The number of nitrogens with two attached hydrogens (primary N) is 1. The van der Waals surface area contributed by atoms with E-state index in [-0.39, 0.29) is 29.4 Å². The first-order valence-corrected chi connectivity index (χ1v) is 9.12. The molecule has 0 saturated carbocycles. The second-order valence-electron chi connectivity index (χ2n) is 5.92. The highest BCUT2D eigenvalue weighted by atomic mass is 79.9. The van der Waals surface area contributed by atoms with Gasteiger partial charge in [0.2, 0.25) is 11.8 Å². The van der Waals surface area contributed by atoms with Crippen molar-refractivity contribution in [2.75, 3.05) is 5.32 Å². The number of hydrogen-bond donors (Lipinski definition) is 3. The Labute approximate surface area is 152 Å². The Morgan fingerprint density at radius 3 is 3.00 bits per heavy atom. The zero-order valence-corrected chi connectivity index (χ0v) is 15.4. The van der Waals surface area contributed by atoms with Crippen molar-refractivity contribution < 1.29 is 9.59 Å². The Bertz CT molecular complexity index is 764. The number of thioether (sulfide) groups is 1. The number of hydrogen-bond acceptors (Lipinski definition) is 5. The van der Waals surface area contributed by atoms with E-state index in [1.54, 1.807) is 0 Å². The molecule has 0 aromatic heterocycles. The third kappa shape index (κ3) is 3.64. The normalized spacial score (nSPS) is 26.4. The Hall–Kier alpha value is -1.80. The van der Waals surface area contributed by atoms with Crippen LogP contribution in [0.2, 0.25) is 0 Å². The SMILES string of the molecule is CC1(c2cccc(NC(=O)C3CC=C(Br)S3)c2)CC(=O)NC(N)=N1. The molecule has 3 rings (SSSR count). The van der Waals surface area contributed by atoms with Gasteiger partial charge in [0.05, 0.1) is 17.2 Å². The molecule has 0 radical (unpaired) electrons. The van der Waals surface area contributed by atoms with Crippen LogP contribution in [0.5, 0.6) is 0 Å². The molecular formula is C16H17BrN4O2S. The molecule has 8 heteroatoms. The van der Waals surface area contributed by atoms with Crippen molar-refractivity contribution in [3.8, 4) is 0 Å². The maximum absolute atomic E-state index is 12.3. The van der Waals surface area contributed by atoms with Crippen molar-refractivity contribution in [1.82, 2.24) is 5.32 Å². The van der Waals surface area contributed by atoms with Gasteiger partial charge in [-0.2, -0.15) is 0 Å². The molecule has 0 aliphatic carbocycles. The van der Waals surface area contributed by atoms with Gasteiger partial charge in [-0.05, 0) is 47.0 Å². The van der Waals surface area contributed by atoms with Crippen LogP contribution in [-0.2, 0) is 15.1 Å². The van der Waals surface area contributed by atoms with Crippen LogP contribution in [0.25, 0.3) is 0 Å². The van der Waals surface area contributed by atoms with Gasteiger partial charge in [-0.25, -0.2) is 4.99 Å². The number of guanidine groups is 1. The average Bonchev–Trinajstić information content (AvgIpc) is 2.93. The number of aliphatic imine (C=N–C) groups is 1. The van der Waals surface area contributed by atoms with Gasteiger partial charge in [-0.1, -0.05) is 18.2 Å². The van der Waals surface area contributed by atoms with Crippen molar-refractivity contribution >= 4 is 51.2 Å². The molecule has 2 unspecified atom stereocenters. The smallest absolute Gasteiger partial charge is 0.238 e. The Balaban J connectivity index is 1.78. The first kappa shape index (κ1) is 17.0. The molecule has 24 heavy (non-hydrogen) atoms. The van der Waals surface area contributed by atoms with Crippen LogP contribution in [0.1, 0.15) is 25.3 Å². The predicted molar refractivity (Wildman–Crippen MR) is 99.8 cm³/mol. The Morgan fingerprint density at radius 1 is 1.54 bits per heavy atom. The molecule has 1 aromatic carbocycles. The van der Waals surface area contributed by atoms with E-state index >= 15 is 0 Å². The van der Waals surface area contributed by atoms with Gasteiger partial charge in [0.1, 0.15) is 0 Å². The number of nitrogens with zero attached hydrogens (tertiary/aromatic N) is 1. The molecule has 4 N–H and O–H groups in total. The number of benzene rings is 1. The summed E-state index contributed by atoms with van der Waals surface area (Å²) in [6.45, 7) is 1.85. The number of carbonyl (C=O) groups excluding carboxylic acids is 2. The summed E-state index contributed by atoms with van der Waals surface area (Å²) < 4.78 is 0.988. The number of amides is 2. The standard InChI is InChI=1S/C16H17BrN4O2S/c1-16(8-13(22)20-15(18)21-16)9-3-2-4-10(7-9)19-14(23)11-5-6-12(17)24-11/h2-4,6-7,11H,5,8H2,1H3,(H,19,23)(H3,18,20,21,22). The lowest BCUT2D eigenvalue weighted by molar-refractivity contribution is -0.121. The number of nitrogens with one attached hydrogen (secondary N) is 2. The molecule has 0 fully saturated rings. The lowest BCUT2D eigenvalue weighted by Crippen LogP contribution is -2.46. The quantitative estimate of drug-likeness (QED) is 0.715. The van der Waals surface area contributed by atoms with Crippen molar-refractivity contribution in [3.05, 3.63) is 39.7 Å². The minimum Gasteiger partial charge on any atom is -0.370 e. The highest BCUT2D eigenvalue weighted by Crippen LogP contribution is 2.37. The van der Waals surface area contributed by atoms with Crippen molar-refractivity contribution in [2.45, 2.75) is 30.6 Å². The largest absolute Gasteiger partial charge is 0.370 e. The fourth-order valence-electron chi connectivity index (χ4n) is 2.75. The van der Waals surface area contributed by atoms with Crippen LogP contribution in [0.3, 0.4) is 0 Å². The van der Waals surface area contributed by atoms with Gasteiger partial charge < -0.3 is 11.1 Å². The molecular weight excluding hydrogens is 392 g/mol. The summed E-state index contributed by atoms with van der Waals surface area (Å²) in [5.41, 5.74) is 6.46. The van der Waals surface area contributed by atoms with Crippen LogP contribution in [0, 0.1) is 0 Å². The van der Waals surface area contributed by atoms with Gasteiger partial charge in [-0.3, -0.25) is 14.9 Å². The first-order valence-electron chi connectivity index (χ1n) is 7.45. The summed E-state index contributed by atoms with van der Waals surface area (Å²) >= 11 is 4.89.